The molecule has 1 aromatic rings. The Balaban J connectivity index is 1.67. The van der Waals surface area contributed by atoms with Gasteiger partial charge in [0.25, 0.3) is 0 Å². The summed E-state index contributed by atoms with van der Waals surface area (Å²) >= 11 is 0. The number of pyridine rings is 1. The zero-order chi connectivity index (χ0) is 13.4. The first-order chi connectivity index (χ1) is 9.16. The summed E-state index contributed by atoms with van der Waals surface area (Å²) in [7, 11) is 0. The number of aromatic nitrogens is 1. The van der Waals surface area contributed by atoms with Crippen molar-refractivity contribution in [1.82, 2.24) is 4.98 Å². The summed E-state index contributed by atoms with van der Waals surface area (Å²) in [4.78, 5) is 26.7. The van der Waals surface area contributed by atoms with E-state index in [0.717, 1.165) is 12.8 Å². The van der Waals surface area contributed by atoms with Crippen LogP contribution in [0.25, 0.3) is 0 Å². The smallest absolute Gasteiger partial charge is 0.354 e. The highest BCUT2D eigenvalue weighted by atomic mass is 16.4. The van der Waals surface area contributed by atoms with Gasteiger partial charge in [-0.15, -0.1) is 0 Å². The SMILES string of the molecule is O=C(O)c1cc(NC(=O)C2C3CCCCC32)ccn1. The number of rotatable bonds is 3. The largest absolute Gasteiger partial charge is 0.477 e. The van der Waals surface area contributed by atoms with E-state index in [1.807, 2.05) is 0 Å². The number of carbonyl (C=O) groups is 2. The molecule has 2 unspecified atom stereocenters. The molecule has 1 aromatic heterocycles. The van der Waals surface area contributed by atoms with Crippen molar-refractivity contribution in [1.29, 1.82) is 0 Å². The molecule has 1 amide bonds. The number of anilines is 1. The first-order valence-electron chi connectivity index (χ1n) is 6.67. The molecule has 0 aromatic carbocycles. The Morgan fingerprint density at radius 3 is 2.58 bits per heavy atom. The lowest BCUT2D eigenvalue weighted by Gasteiger charge is -2.05. The van der Waals surface area contributed by atoms with Crippen molar-refractivity contribution in [3.05, 3.63) is 24.0 Å². The van der Waals surface area contributed by atoms with Gasteiger partial charge in [-0.1, -0.05) is 12.8 Å². The van der Waals surface area contributed by atoms with Crippen LogP contribution < -0.4 is 5.32 Å². The van der Waals surface area contributed by atoms with Crippen molar-refractivity contribution >= 4 is 17.6 Å². The highest BCUT2D eigenvalue weighted by molar-refractivity contribution is 5.96. The molecule has 2 atom stereocenters. The molecular formula is C14H16N2O3. The highest BCUT2D eigenvalue weighted by Crippen LogP contribution is 2.55. The maximum atomic E-state index is 12.1. The lowest BCUT2D eigenvalue weighted by atomic mass is 10.0. The van der Waals surface area contributed by atoms with Crippen LogP contribution in [0.1, 0.15) is 36.2 Å². The van der Waals surface area contributed by atoms with Gasteiger partial charge in [0.1, 0.15) is 5.69 Å². The lowest BCUT2D eigenvalue weighted by molar-refractivity contribution is -0.117. The summed E-state index contributed by atoms with van der Waals surface area (Å²) < 4.78 is 0. The summed E-state index contributed by atoms with van der Waals surface area (Å²) in [6, 6.07) is 3.02. The van der Waals surface area contributed by atoms with E-state index in [1.54, 1.807) is 6.07 Å². The molecule has 3 rings (SSSR count). The second-order valence-electron chi connectivity index (χ2n) is 5.36. The Hall–Kier alpha value is -1.91. The standard InChI is InChI=1S/C14H16N2O3/c17-13(12-9-3-1-2-4-10(9)12)16-8-5-6-15-11(7-8)14(18)19/h5-7,9-10,12H,1-4H2,(H,18,19)(H,15,16,17). The Kier molecular flexibility index (Phi) is 2.97. The van der Waals surface area contributed by atoms with Crippen LogP contribution in [-0.4, -0.2) is 22.0 Å². The van der Waals surface area contributed by atoms with Gasteiger partial charge in [-0.25, -0.2) is 9.78 Å². The topological polar surface area (TPSA) is 79.3 Å². The van der Waals surface area contributed by atoms with Crippen LogP contribution in [0, 0.1) is 17.8 Å². The molecule has 0 radical (unpaired) electrons. The van der Waals surface area contributed by atoms with Crippen LogP contribution in [0.5, 0.6) is 0 Å². The predicted octanol–water partition coefficient (Wildman–Crippen LogP) is 2.15. The first kappa shape index (κ1) is 12.1. The van der Waals surface area contributed by atoms with E-state index in [9.17, 15) is 9.59 Å². The predicted molar refractivity (Wildman–Crippen MR) is 68.8 cm³/mol. The van der Waals surface area contributed by atoms with Gasteiger partial charge in [0, 0.05) is 17.8 Å². The molecule has 2 aliphatic rings. The number of hydrogen-bond donors (Lipinski definition) is 2. The monoisotopic (exact) mass is 260 g/mol. The van der Waals surface area contributed by atoms with Crippen molar-refractivity contribution in [2.24, 2.45) is 17.8 Å². The number of aromatic carboxylic acids is 1. The number of nitrogens with zero attached hydrogens (tertiary/aromatic N) is 1. The molecule has 19 heavy (non-hydrogen) atoms. The summed E-state index contributed by atoms with van der Waals surface area (Å²) in [6.07, 6.45) is 6.16. The molecule has 5 nitrogen and oxygen atoms in total. The normalized spacial score (nSPS) is 28.3. The van der Waals surface area contributed by atoms with Gasteiger partial charge < -0.3 is 10.4 Å². The van der Waals surface area contributed by atoms with Crippen molar-refractivity contribution in [3.63, 3.8) is 0 Å². The number of fused-ring (bicyclic) bond motifs is 1. The quantitative estimate of drug-likeness (QED) is 0.872. The minimum atomic E-state index is -1.09. The Morgan fingerprint density at radius 2 is 1.95 bits per heavy atom. The first-order valence-corrected chi connectivity index (χ1v) is 6.67. The minimum absolute atomic E-state index is 0.0273. The van der Waals surface area contributed by atoms with Crippen molar-refractivity contribution in [2.75, 3.05) is 5.32 Å². The summed E-state index contributed by atoms with van der Waals surface area (Å²) in [5.41, 5.74) is 0.465. The molecule has 2 aliphatic carbocycles. The fourth-order valence-electron chi connectivity index (χ4n) is 3.23. The average molecular weight is 260 g/mol. The fourth-order valence-corrected chi connectivity index (χ4v) is 3.23. The number of carboxylic acids is 1. The van der Waals surface area contributed by atoms with Gasteiger partial charge in [-0.05, 0) is 36.8 Å². The van der Waals surface area contributed by atoms with E-state index in [-0.39, 0.29) is 17.5 Å². The molecule has 0 saturated heterocycles. The third-order valence-electron chi connectivity index (χ3n) is 4.21. The van der Waals surface area contributed by atoms with Gasteiger partial charge in [-0.3, -0.25) is 4.79 Å². The number of carboxylic acid groups (broad SMARTS) is 1. The minimum Gasteiger partial charge on any atom is -0.477 e. The molecule has 0 aliphatic heterocycles. The second kappa shape index (κ2) is 4.64. The van der Waals surface area contributed by atoms with Gasteiger partial charge in [0.15, 0.2) is 0 Å². The van der Waals surface area contributed by atoms with Gasteiger partial charge in [0.05, 0.1) is 0 Å². The molecule has 100 valence electrons. The van der Waals surface area contributed by atoms with Crippen LogP contribution in [0.15, 0.2) is 18.3 Å². The van der Waals surface area contributed by atoms with Crippen LogP contribution in [0.3, 0.4) is 0 Å². The Morgan fingerprint density at radius 1 is 1.26 bits per heavy atom. The second-order valence-corrected chi connectivity index (χ2v) is 5.36. The van der Waals surface area contributed by atoms with Crippen LogP contribution in [-0.2, 0) is 4.79 Å². The summed E-state index contributed by atoms with van der Waals surface area (Å²) in [5.74, 6) is 0.170. The average Bonchev–Trinajstić information content (AvgIpc) is 3.13. The molecule has 2 saturated carbocycles. The number of carbonyl (C=O) groups excluding carboxylic acids is 1. The van der Waals surface area contributed by atoms with E-state index in [4.69, 9.17) is 5.11 Å². The molecule has 5 heteroatoms. The van der Waals surface area contributed by atoms with Gasteiger partial charge in [-0.2, -0.15) is 0 Å². The van der Waals surface area contributed by atoms with E-state index >= 15 is 0 Å². The molecule has 0 spiro atoms. The van der Waals surface area contributed by atoms with Crippen molar-refractivity contribution in [3.8, 4) is 0 Å². The Labute approximate surface area is 111 Å². The highest BCUT2D eigenvalue weighted by Gasteiger charge is 2.54. The maximum Gasteiger partial charge on any atom is 0.354 e. The van der Waals surface area contributed by atoms with Crippen LogP contribution in [0.2, 0.25) is 0 Å². The molecule has 2 fully saturated rings. The third kappa shape index (κ3) is 2.32. The van der Waals surface area contributed by atoms with Crippen LogP contribution in [0.4, 0.5) is 5.69 Å². The number of hydrogen-bond acceptors (Lipinski definition) is 3. The van der Waals surface area contributed by atoms with E-state index in [2.05, 4.69) is 10.3 Å². The van der Waals surface area contributed by atoms with E-state index < -0.39 is 5.97 Å². The number of nitrogens with one attached hydrogen (secondary N) is 1. The molecule has 0 bridgehead atoms. The third-order valence-corrected chi connectivity index (χ3v) is 4.21. The Bertz CT molecular complexity index is 517. The van der Waals surface area contributed by atoms with E-state index in [1.165, 1.54) is 25.1 Å². The molecule has 1 heterocycles. The van der Waals surface area contributed by atoms with Crippen molar-refractivity contribution in [2.45, 2.75) is 25.7 Å². The lowest BCUT2D eigenvalue weighted by Crippen LogP contribution is -2.16. The number of amides is 1. The zero-order valence-corrected chi connectivity index (χ0v) is 10.5. The molecule has 2 N–H and O–H groups in total. The molecular weight excluding hydrogens is 244 g/mol. The van der Waals surface area contributed by atoms with E-state index in [0.29, 0.717) is 17.5 Å². The zero-order valence-electron chi connectivity index (χ0n) is 10.5. The van der Waals surface area contributed by atoms with Gasteiger partial charge in [0.2, 0.25) is 5.91 Å². The maximum absolute atomic E-state index is 12.1. The van der Waals surface area contributed by atoms with Gasteiger partial charge >= 0.3 is 5.97 Å². The van der Waals surface area contributed by atoms with Crippen molar-refractivity contribution < 1.29 is 14.7 Å². The van der Waals surface area contributed by atoms with Crippen LogP contribution >= 0.6 is 0 Å². The summed E-state index contributed by atoms with van der Waals surface area (Å²) in [6.45, 7) is 0. The fraction of sp³-hybridized carbons (Fsp3) is 0.500. The summed E-state index contributed by atoms with van der Waals surface area (Å²) in [5, 5.41) is 11.7.